The Kier molecular flexibility index (Phi) is 2.70. The van der Waals surface area contributed by atoms with Crippen molar-refractivity contribution >= 4 is 11.6 Å². The molecule has 0 bridgehead atoms. The highest BCUT2D eigenvalue weighted by Gasteiger charge is 1.96. The summed E-state index contributed by atoms with van der Waals surface area (Å²) in [5.74, 6) is 0.667. The van der Waals surface area contributed by atoms with E-state index in [1.54, 1.807) is 12.3 Å². The first-order valence-corrected chi connectivity index (χ1v) is 4.59. The number of ether oxygens (including phenoxy) is 1. The number of hydrogen-bond acceptors (Lipinski definition) is 2. The Morgan fingerprint density at radius 2 is 2.00 bits per heavy atom. The van der Waals surface area contributed by atoms with E-state index in [-0.39, 0.29) is 0 Å². The first-order chi connectivity index (χ1) is 6.84. The van der Waals surface area contributed by atoms with Crippen molar-refractivity contribution in [2.24, 2.45) is 0 Å². The lowest BCUT2D eigenvalue weighted by Gasteiger charge is -2.02. The van der Waals surface area contributed by atoms with Crippen LogP contribution in [0.4, 0.5) is 0 Å². The number of nitrogens with one attached hydrogen (secondary N) is 1. The number of rotatable bonds is 3. The molecule has 1 aromatic carbocycles. The molecular formula is C10H9ClN2O. The maximum atomic E-state index is 5.75. The minimum atomic E-state index is 0.513. The highest BCUT2D eigenvalue weighted by molar-refractivity contribution is 6.30. The third-order valence-electron chi connectivity index (χ3n) is 1.78. The zero-order valence-electron chi connectivity index (χ0n) is 7.40. The van der Waals surface area contributed by atoms with Crippen LogP contribution in [0.15, 0.2) is 36.5 Å². The van der Waals surface area contributed by atoms with Crippen LogP contribution < -0.4 is 4.74 Å². The molecule has 0 aliphatic rings. The van der Waals surface area contributed by atoms with Crippen molar-refractivity contribution in [2.45, 2.75) is 6.61 Å². The Hall–Kier alpha value is -1.48. The molecule has 0 spiro atoms. The summed E-state index contributed by atoms with van der Waals surface area (Å²) in [6.45, 7) is 0.513. The predicted octanol–water partition coefficient (Wildman–Crippen LogP) is 2.64. The topological polar surface area (TPSA) is 37.9 Å². The van der Waals surface area contributed by atoms with E-state index in [9.17, 15) is 0 Å². The lowest BCUT2D eigenvalue weighted by Crippen LogP contribution is -1.95. The molecule has 3 nitrogen and oxygen atoms in total. The van der Waals surface area contributed by atoms with Gasteiger partial charge in [-0.3, -0.25) is 0 Å². The van der Waals surface area contributed by atoms with Gasteiger partial charge in [0.2, 0.25) is 5.88 Å². The Morgan fingerprint density at radius 3 is 2.64 bits per heavy atom. The van der Waals surface area contributed by atoms with E-state index in [2.05, 4.69) is 10.2 Å². The molecular weight excluding hydrogens is 200 g/mol. The summed E-state index contributed by atoms with van der Waals surface area (Å²) in [6.07, 6.45) is 1.65. The highest BCUT2D eigenvalue weighted by atomic mass is 35.5. The molecule has 2 aromatic rings. The molecule has 2 rings (SSSR count). The number of aromatic nitrogens is 2. The standard InChI is InChI=1S/C10H9ClN2O/c11-9-3-1-8(2-4-9)7-14-10-5-6-12-13-10/h1-6H,7H2,(H,12,13). The lowest BCUT2D eigenvalue weighted by atomic mass is 10.2. The number of halogens is 1. The summed E-state index contributed by atoms with van der Waals surface area (Å²) in [4.78, 5) is 0. The van der Waals surface area contributed by atoms with Gasteiger partial charge in [0.25, 0.3) is 0 Å². The quantitative estimate of drug-likeness (QED) is 0.842. The molecule has 1 aromatic heterocycles. The van der Waals surface area contributed by atoms with E-state index in [0.717, 1.165) is 10.6 Å². The molecule has 0 saturated heterocycles. The van der Waals surface area contributed by atoms with Gasteiger partial charge in [0, 0.05) is 11.1 Å². The van der Waals surface area contributed by atoms with Gasteiger partial charge < -0.3 is 4.74 Å². The number of H-pyrrole nitrogens is 1. The summed E-state index contributed by atoms with van der Waals surface area (Å²) < 4.78 is 5.41. The molecule has 1 N–H and O–H groups in total. The number of hydrogen-bond donors (Lipinski definition) is 1. The summed E-state index contributed by atoms with van der Waals surface area (Å²) >= 11 is 5.75. The summed E-state index contributed by atoms with van der Waals surface area (Å²) in [5, 5.41) is 7.23. The Morgan fingerprint density at radius 1 is 1.21 bits per heavy atom. The van der Waals surface area contributed by atoms with Crippen LogP contribution >= 0.6 is 11.6 Å². The van der Waals surface area contributed by atoms with Crippen molar-refractivity contribution in [3.63, 3.8) is 0 Å². The van der Waals surface area contributed by atoms with Crippen LogP contribution in [0.25, 0.3) is 0 Å². The lowest BCUT2D eigenvalue weighted by molar-refractivity contribution is 0.293. The van der Waals surface area contributed by atoms with Gasteiger partial charge in [-0.15, -0.1) is 0 Å². The van der Waals surface area contributed by atoms with E-state index in [0.29, 0.717) is 12.5 Å². The smallest absolute Gasteiger partial charge is 0.209 e. The second-order valence-electron chi connectivity index (χ2n) is 2.84. The first kappa shape index (κ1) is 9.09. The fourth-order valence-corrected chi connectivity index (χ4v) is 1.19. The van der Waals surface area contributed by atoms with Gasteiger partial charge in [-0.1, -0.05) is 23.7 Å². The largest absolute Gasteiger partial charge is 0.473 e. The van der Waals surface area contributed by atoms with Crippen LogP contribution in [0.3, 0.4) is 0 Å². The Balaban J connectivity index is 1.95. The molecule has 0 atom stereocenters. The van der Waals surface area contributed by atoms with Crippen molar-refractivity contribution in [1.29, 1.82) is 0 Å². The Labute approximate surface area is 86.7 Å². The molecule has 0 aliphatic heterocycles. The third-order valence-corrected chi connectivity index (χ3v) is 2.03. The van der Waals surface area contributed by atoms with Gasteiger partial charge in [0.05, 0.1) is 6.20 Å². The van der Waals surface area contributed by atoms with Gasteiger partial charge in [0.1, 0.15) is 6.61 Å². The molecule has 0 aliphatic carbocycles. The molecule has 72 valence electrons. The van der Waals surface area contributed by atoms with Crippen molar-refractivity contribution in [1.82, 2.24) is 10.2 Å². The van der Waals surface area contributed by atoms with E-state index in [1.807, 2.05) is 24.3 Å². The zero-order valence-corrected chi connectivity index (χ0v) is 8.16. The average molecular weight is 209 g/mol. The third kappa shape index (κ3) is 2.26. The minimum Gasteiger partial charge on any atom is -0.473 e. The van der Waals surface area contributed by atoms with Crippen molar-refractivity contribution < 1.29 is 4.74 Å². The summed E-state index contributed by atoms with van der Waals surface area (Å²) in [7, 11) is 0. The minimum absolute atomic E-state index is 0.513. The second kappa shape index (κ2) is 4.15. The maximum absolute atomic E-state index is 5.75. The van der Waals surface area contributed by atoms with E-state index in [1.165, 1.54) is 0 Å². The van der Waals surface area contributed by atoms with Crippen LogP contribution in [-0.4, -0.2) is 10.2 Å². The maximum Gasteiger partial charge on any atom is 0.209 e. The molecule has 0 radical (unpaired) electrons. The average Bonchev–Trinajstić information content (AvgIpc) is 2.70. The molecule has 0 amide bonds. The number of benzene rings is 1. The normalized spacial score (nSPS) is 10.1. The fraction of sp³-hybridized carbons (Fsp3) is 0.100. The van der Waals surface area contributed by atoms with Crippen molar-refractivity contribution in [3.05, 3.63) is 47.1 Å². The van der Waals surface area contributed by atoms with Crippen LogP contribution in [0.5, 0.6) is 5.88 Å². The SMILES string of the molecule is Clc1ccc(COc2ccn[nH]2)cc1. The summed E-state index contributed by atoms with van der Waals surface area (Å²) in [5.41, 5.74) is 1.07. The number of aromatic amines is 1. The van der Waals surface area contributed by atoms with Gasteiger partial charge in [-0.2, -0.15) is 5.10 Å². The monoisotopic (exact) mass is 208 g/mol. The van der Waals surface area contributed by atoms with E-state index in [4.69, 9.17) is 16.3 Å². The van der Waals surface area contributed by atoms with Crippen LogP contribution in [0, 0.1) is 0 Å². The van der Waals surface area contributed by atoms with Gasteiger partial charge in [0.15, 0.2) is 0 Å². The van der Waals surface area contributed by atoms with Crippen molar-refractivity contribution in [3.8, 4) is 5.88 Å². The van der Waals surface area contributed by atoms with E-state index >= 15 is 0 Å². The molecule has 1 heterocycles. The second-order valence-corrected chi connectivity index (χ2v) is 3.27. The Bertz CT molecular complexity index is 383. The van der Waals surface area contributed by atoms with E-state index < -0.39 is 0 Å². The molecule has 14 heavy (non-hydrogen) atoms. The summed E-state index contributed by atoms with van der Waals surface area (Å²) in [6, 6.07) is 9.31. The molecule has 0 fully saturated rings. The van der Waals surface area contributed by atoms with Crippen LogP contribution in [0.1, 0.15) is 5.56 Å². The molecule has 0 unspecified atom stereocenters. The van der Waals surface area contributed by atoms with Gasteiger partial charge in [-0.05, 0) is 17.7 Å². The van der Waals surface area contributed by atoms with Crippen LogP contribution in [-0.2, 0) is 6.61 Å². The zero-order chi connectivity index (χ0) is 9.80. The van der Waals surface area contributed by atoms with Crippen LogP contribution in [0.2, 0.25) is 5.02 Å². The number of nitrogens with zero attached hydrogens (tertiary/aromatic N) is 1. The highest BCUT2D eigenvalue weighted by Crippen LogP contribution is 2.11. The predicted molar refractivity (Wildman–Crippen MR) is 54.4 cm³/mol. The van der Waals surface area contributed by atoms with Gasteiger partial charge >= 0.3 is 0 Å². The van der Waals surface area contributed by atoms with Gasteiger partial charge in [-0.25, -0.2) is 5.10 Å². The van der Waals surface area contributed by atoms with Crippen molar-refractivity contribution in [2.75, 3.05) is 0 Å². The molecule has 0 saturated carbocycles. The molecule has 4 heteroatoms. The fourth-order valence-electron chi connectivity index (χ4n) is 1.07. The first-order valence-electron chi connectivity index (χ1n) is 4.21.